The summed E-state index contributed by atoms with van der Waals surface area (Å²) in [5, 5.41) is 2.59. The van der Waals surface area contributed by atoms with Crippen LogP contribution in [0, 0.1) is 13.8 Å². The number of carbonyl (C=O) groups excluding carboxylic acids is 1. The van der Waals surface area contributed by atoms with Crippen molar-refractivity contribution in [3.63, 3.8) is 0 Å². The van der Waals surface area contributed by atoms with Crippen LogP contribution >= 0.6 is 22.9 Å². The molecular weight excluding hydrogens is 604 g/mol. The van der Waals surface area contributed by atoms with Crippen LogP contribution in [0.3, 0.4) is 0 Å². The summed E-state index contributed by atoms with van der Waals surface area (Å²) in [6.07, 6.45) is 1.93. The van der Waals surface area contributed by atoms with Crippen molar-refractivity contribution in [2.24, 2.45) is 4.99 Å². The first-order valence-corrected chi connectivity index (χ1v) is 16.2. The molecule has 0 saturated heterocycles. The maximum Gasteiger partial charge on any atom is 0.271 e. The third-order valence-electron chi connectivity index (χ3n) is 8.57. The van der Waals surface area contributed by atoms with Gasteiger partial charge in [-0.3, -0.25) is 14.2 Å². The van der Waals surface area contributed by atoms with Gasteiger partial charge in [0.05, 0.1) is 22.9 Å². The highest BCUT2D eigenvalue weighted by Crippen LogP contribution is 2.40. The Kier molecular flexibility index (Phi) is 8.29. The van der Waals surface area contributed by atoms with Crippen LogP contribution in [0.4, 0.5) is 0 Å². The highest BCUT2D eigenvalue weighted by atomic mass is 35.5. The smallest absolute Gasteiger partial charge is 0.271 e. The molecule has 0 fully saturated rings. The number of methoxy groups -OCH3 is 1. The van der Waals surface area contributed by atoms with Gasteiger partial charge in [-0.15, -0.1) is 0 Å². The summed E-state index contributed by atoms with van der Waals surface area (Å²) in [7, 11) is 1.62. The number of thiazole rings is 1. The standard InChI is InChI=1S/C36H35ClN4O3S/c1-7-39(8-2)35(43)31-22(4)38-36-41(33(31)32-28-12-10-9-11-24(28)13-18-29(32)44-6)34(42)30(45-36)20-25-19-21(3)40(23(25)5)27-16-14-26(37)15-17-27/h9-20,33H,7-8H2,1-6H3/b30-20+/t33-/m0/s1. The van der Waals surface area contributed by atoms with Gasteiger partial charge in [-0.25, -0.2) is 4.99 Å². The molecule has 0 saturated carbocycles. The highest BCUT2D eigenvalue weighted by Gasteiger charge is 2.36. The average molecular weight is 639 g/mol. The normalized spacial score (nSPS) is 14.9. The lowest BCUT2D eigenvalue weighted by Crippen LogP contribution is -2.43. The lowest BCUT2D eigenvalue weighted by Gasteiger charge is -2.30. The van der Waals surface area contributed by atoms with Gasteiger partial charge in [0, 0.05) is 40.8 Å². The van der Waals surface area contributed by atoms with E-state index in [1.54, 1.807) is 16.6 Å². The minimum Gasteiger partial charge on any atom is -0.496 e. The van der Waals surface area contributed by atoms with Crippen molar-refractivity contribution in [1.82, 2.24) is 14.0 Å². The van der Waals surface area contributed by atoms with Crippen molar-refractivity contribution in [1.29, 1.82) is 0 Å². The van der Waals surface area contributed by atoms with Crippen molar-refractivity contribution in [3.8, 4) is 11.4 Å². The average Bonchev–Trinajstić information content (AvgIpc) is 3.49. The van der Waals surface area contributed by atoms with Gasteiger partial charge in [0.25, 0.3) is 11.5 Å². The Morgan fingerprint density at radius 1 is 1.04 bits per heavy atom. The summed E-state index contributed by atoms with van der Waals surface area (Å²) < 4.78 is 10.3. The van der Waals surface area contributed by atoms with Crippen molar-refractivity contribution in [2.75, 3.05) is 20.2 Å². The number of carbonyl (C=O) groups is 1. The SMILES string of the molecule is CCN(CC)C(=O)C1=C(C)N=c2s/c(=C/c3cc(C)n(-c4ccc(Cl)cc4)c3C)c(=O)n2[C@@H]1c1c(OC)ccc2ccccc12. The lowest BCUT2D eigenvalue weighted by atomic mass is 9.90. The molecule has 7 nitrogen and oxygen atoms in total. The molecule has 0 N–H and O–H groups in total. The predicted molar refractivity (Wildman–Crippen MR) is 182 cm³/mol. The Morgan fingerprint density at radius 2 is 1.76 bits per heavy atom. The molecule has 2 aromatic heterocycles. The van der Waals surface area contributed by atoms with E-state index in [4.69, 9.17) is 21.3 Å². The van der Waals surface area contributed by atoms with Crippen LogP contribution in [0.15, 0.2) is 87.8 Å². The summed E-state index contributed by atoms with van der Waals surface area (Å²) in [4.78, 5) is 35.9. The number of likely N-dealkylation sites (N-methyl/N-ethyl adjacent to an activating group) is 1. The van der Waals surface area contributed by atoms with Crippen LogP contribution in [0.25, 0.3) is 22.5 Å². The second-order valence-electron chi connectivity index (χ2n) is 11.1. The topological polar surface area (TPSA) is 68.8 Å². The molecule has 0 spiro atoms. The summed E-state index contributed by atoms with van der Waals surface area (Å²) in [6, 6.07) is 21.0. The van der Waals surface area contributed by atoms with E-state index in [0.717, 1.165) is 39.0 Å². The summed E-state index contributed by atoms with van der Waals surface area (Å²) >= 11 is 7.48. The molecule has 3 aromatic carbocycles. The highest BCUT2D eigenvalue weighted by molar-refractivity contribution is 7.07. The van der Waals surface area contributed by atoms with E-state index in [-0.39, 0.29) is 11.5 Å². The number of aryl methyl sites for hydroxylation is 1. The van der Waals surface area contributed by atoms with Gasteiger partial charge in [0.1, 0.15) is 11.8 Å². The number of benzene rings is 3. The maximum absolute atomic E-state index is 14.5. The first-order valence-electron chi connectivity index (χ1n) is 15.0. The Bertz CT molecular complexity index is 2170. The van der Waals surface area contributed by atoms with E-state index in [2.05, 4.69) is 10.6 Å². The van der Waals surface area contributed by atoms with Crippen LogP contribution in [0.1, 0.15) is 49.3 Å². The molecule has 5 aromatic rings. The van der Waals surface area contributed by atoms with Crippen LogP contribution in [0.2, 0.25) is 5.02 Å². The molecule has 9 heteroatoms. The monoisotopic (exact) mass is 638 g/mol. The van der Waals surface area contributed by atoms with Crippen molar-refractivity contribution in [2.45, 2.75) is 40.7 Å². The first-order chi connectivity index (χ1) is 21.7. The molecule has 1 atom stereocenters. The summed E-state index contributed by atoms with van der Waals surface area (Å²) in [6.45, 7) is 10.9. The second-order valence-corrected chi connectivity index (χ2v) is 12.5. The van der Waals surface area contributed by atoms with Crippen LogP contribution < -0.4 is 19.6 Å². The minimum absolute atomic E-state index is 0.137. The van der Waals surface area contributed by atoms with Crippen LogP contribution in [0.5, 0.6) is 5.75 Å². The van der Waals surface area contributed by atoms with Crippen molar-refractivity contribution < 1.29 is 9.53 Å². The van der Waals surface area contributed by atoms with Crippen molar-refractivity contribution >= 4 is 45.7 Å². The molecule has 1 amide bonds. The zero-order valence-electron chi connectivity index (χ0n) is 26.2. The van der Waals surface area contributed by atoms with E-state index in [1.165, 1.54) is 11.3 Å². The molecular formula is C36H35ClN4O3S. The van der Waals surface area contributed by atoms with E-state index >= 15 is 0 Å². The molecule has 1 aliphatic heterocycles. The first kappa shape index (κ1) is 30.6. The summed E-state index contributed by atoms with van der Waals surface area (Å²) in [5.74, 6) is 0.473. The number of nitrogens with zero attached hydrogens (tertiary/aromatic N) is 4. The molecule has 0 radical (unpaired) electrons. The fourth-order valence-electron chi connectivity index (χ4n) is 6.35. The number of rotatable bonds is 7. The fourth-order valence-corrected chi connectivity index (χ4v) is 7.51. The third-order valence-corrected chi connectivity index (χ3v) is 9.80. The number of fused-ring (bicyclic) bond motifs is 2. The van der Waals surface area contributed by atoms with E-state index in [1.807, 2.05) is 101 Å². The molecule has 45 heavy (non-hydrogen) atoms. The zero-order chi connectivity index (χ0) is 32.0. The Morgan fingerprint density at radius 3 is 2.44 bits per heavy atom. The Balaban J connectivity index is 1.61. The van der Waals surface area contributed by atoms with E-state index in [9.17, 15) is 9.59 Å². The summed E-state index contributed by atoms with van der Waals surface area (Å²) in [5.41, 5.74) is 5.61. The van der Waals surface area contributed by atoms with Gasteiger partial charge < -0.3 is 14.2 Å². The quantitative estimate of drug-likeness (QED) is 0.209. The number of ether oxygens (including phenoxy) is 1. The molecule has 0 bridgehead atoms. The molecule has 1 aliphatic rings. The number of aromatic nitrogens is 2. The van der Waals surface area contributed by atoms with Gasteiger partial charge >= 0.3 is 0 Å². The minimum atomic E-state index is -0.723. The van der Waals surface area contributed by atoms with Gasteiger partial charge in [0.2, 0.25) is 0 Å². The molecule has 0 unspecified atom stereocenters. The van der Waals surface area contributed by atoms with Gasteiger partial charge in [-0.1, -0.05) is 53.3 Å². The molecule has 6 rings (SSSR count). The molecule has 3 heterocycles. The largest absolute Gasteiger partial charge is 0.496 e. The number of allylic oxidation sites excluding steroid dienone is 1. The van der Waals surface area contributed by atoms with Gasteiger partial charge in [0.15, 0.2) is 4.80 Å². The van der Waals surface area contributed by atoms with Crippen molar-refractivity contribution in [3.05, 3.63) is 125 Å². The number of halogens is 1. The van der Waals surface area contributed by atoms with Gasteiger partial charge in [-0.2, -0.15) is 0 Å². The third kappa shape index (κ3) is 5.22. The maximum atomic E-state index is 14.5. The number of amides is 1. The predicted octanol–water partition coefficient (Wildman–Crippen LogP) is 6.33. The van der Waals surface area contributed by atoms with E-state index < -0.39 is 6.04 Å². The van der Waals surface area contributed by atoms with Crippen LogP contribution in [-0.4, -0.2) is 40.1 Å². The van der Waals surface area contributed by atoms with E-state index in [0.29, 0.717) is 44.5 Å². The molecule has 230 valence electrons. The van der Waals surface area contributed by atoms with Crippen LogP contribution in [-0.2, 0) is 4.79 Å². The number of hydrogen-bond acceptors (Lipinski definition) is 5. The molecule has 0 aliphatic carbocycles. The lowest BCUT2D eigenvalue weighted by molar-refractivity contribution is -0.127. The fraction of sp³-hybridized carbons (Fsp3) is 0.250. The second kappa shape index (κ2) is 12.2. The van der Waals surface area contributed by atoms with Gasteiger partial charge in [-0.05, 0) is 93.4 Å². The zero-order valence-corrected chi connectivity index (χ0v) is 27.8. The Hall–Kier alpha value is -4.40. The Labute approximate surface area is 271 Å². The number of hydrogen-bond donors (Lipinski definition) is 0.